The maximum atomic E-state index is 12.5. The lowest BCUT2D eigenvalue weighted by atomic mass is 10.1. The highest BCUT2D eigenvalue weighted by Crippen LogP contribution is 2.30. The van der Waals surface area contributed by atoms with Crippen LogP contribution in [0.5, 0.6) is 0 Å². The van der Waals surface area contributed by atoms with Crippen molar-refractivity contribution in [3.8, 4) is 11.1 Å². The number of nitrogens with one attached hydrogen (secondary N) is 1. The third kappa shape index (κ3) is 4.15. The van der Waals surface area contributed by atoms with Crippen molar-refractivity contribution in [1.82, 2.24) is 4.72 Å². The lowest BCUT2D eigenvalue weighted by molar-refractivity contribution is -0.384. The van der Waals surface area contributed by atoms with Gasteiger partial charge in [-0.3, -0.25) is 10.1 Å². The normalized spacial score (nSPS) is 11.5. The van der Waals surface area contributed by atoms with Gasteiger partial charge in [0.1, 0.15) is 7.11 Å². The fourth-order valence-electron chi connectivity index (χ4n) is 2.05. The first-order chi connectivity index (χ1) is 11.5. The number of nitro benzene ring substituents is 1. The Morgan fingerprint density at radius 1 is 1.25 bits per heavy atom. The second-order valence-electron chi connectivity index (χ2n) is 4.63. The molecule has 9 heteroatoms. The van der Waals surface area contributed by atoms with Crippen molar-refractivity contribution in [3.05, 3.63) is 58.6 Å². The van der Waals surface area contributed by atoms with Crippen LogP contribution < -0.4 is 4.72 Å². The van der Waals surface area contributed by atoms with E-state index in [4.69, 9.17) is 0 Å². The average molecular weight is 349 g/mol. The molecule has 0 fully saturated rings. The third-order valence-electron chi connectivity index (χ3n) is 3.09. The highest BCUT2D eigenvalue weighted by molar-refractivity contribution is 7.89. The summed E-state index contributed by atoms with van der Waals surface area (Å²) in [6.45, 7) is -0.0681. The van der Waals surface area contributed by atoms with Crippen LogP contribution >= 0.6 is 0 Å². The van der Waals surface area contributed by atoms with E-state index in [0.717, 1.165) is 6.07 Å². The highest BCUT2D eigenvalue weighted by atomic mass is 32.2. The number of benzene rings is 2. The molecule has 0 aliphatic heterocycles. The molecule has 0 amide bonds. The van der Waals surface area contributed by atoms with Crippen molar-refractivity contribution in [2.45, 2.75) is 4.90 Å². The Bertz CT molecular complexity index is 851. The SMILES string of the molecule is CON=CCNS(=O)(=O)c1ccc([N+](=O)[O-])cc1-c1ccccc1. The van der Waals surface area contributed by atoms with Crippen molar-refractivity contribution in [3.63, 3.8) is 0 Å². The summed E-state index contributed by atoms with van der Waals surface area (Å²) in [5.41, 5.74) is 0.627. The fourth-order valence-corrected chi connectivity index (χ4v) is 3.21. The summed E-state index contributed by atoms with van der Waals surface area (Å²) in [7, 11) is -2.54. The quantitative estimate of drug-likeness (QED) is 0.468. The summed E-state index contributed by atoms with van der Waals surface area (Å²) in [5, 5.41) is 14.4. The topological polar surface area (TPSA) is 111 Å². The minimum atomic E-state index is -3.88. The second-order valence-corrected chi connectivity index (χ2v) is 6.36. The summed E-state index contributed by atoms with van der Waals surface area (Å²) in [6, 6.07) is 12.2. The molecule has 0 bridgehead atoms. The Hall–Kier alpha value is -2.78. The zero-order valence-electron chi connectivity index (χ0n) is 12.7. The molecule has 2 aromatic rings. The summed E-state index contributed by atoms with van der Waals surface area (Å²) < 4.78 is 27.3. The van der Waals surface area contributed by atoms with Gasteiger partial charge in [-0.1, -0.05) is 35.5 Å². The van der Waals surface area contributed by atoms with Gasteiger partial charge in [0, 0.05) is 24.2 Å². The standard InChI is InChI=1S/C15H15N3O5S/c1-23-16-9-10-17-24(21,22)15-8-7-13(18(19)20)11-14(15)12-5-3-2-4-6-12/h2-9,11,17H,10H2,1H3. The van der Waals surface area contributed by atoms with Crippen molar-refractivity contribution >= 4 is 21.9 Å². The number of nitrogens with zero attached hydrogens (tertiary/aromatic N) is 2. The molecule has 0 aromatic heterocycles. The summed E-state index contributed by atoms with van der Waals surface area (Å²) in [5.74, 6) is 0. The van der Waals surface area contributed by atoms with Gasteiger partial charge in [0.05, 0.1) is 16.0 Å². The molecule has 0 radical (unpaired) electrons. The van der Waals surface area contributed by atoms with E-state index < -0.39 is 14.9 Å². The van der Waals surface area contributed by atoms with E-state index in [2.05, 4.69) is 14.7 Å². The minimum absolute atomic E-state index is 0.0508. The van der Waals surface area contributed by atoms with E-state index in [1.165, 1.54) is 25.5 Å². The van der Waals surface area contributed by atoms with Crippen LogP contribution in [-0.4, -0.2) is 33.2 Å². The zero-order chi connectivity index (χ0) is 17.6. The molecule has 8 nitrogen and oxygen atoms in total. The van der Waals surface area contributed by atoms with Crippen LogP contribution in [0.3, 0.4) is 0 Å². The van der Waals surface area contributed by atoms with Gasteiger partial charge in [0.2, 0.25) is 10.0 Å². The molecule has 0 unspecified atom stereocenters. The molecule has 2 rings (SSSR count). The number of nitro groups is 1. The Labute approximate surface area is 139 Å². The van der Waals surface area contributed by atoms with Crippen molar-refractivity contribution in [2.75, 3.05) is 13.7 Å². The summed E-state index contributed by atoms with van der Waals surface area (Å²) >= 11 is 0. The maximum absolute atomic E-state index is 12.5. The Morgan fingerprint density at radius 3 is 2.58 bits per heavy atom. The Kier molecular flexibility index (Phi) is 5.61. The second kappa shape index (κ2) is 7.66. The number of hydrogen-bond acceptors (Lipinski definition) is 6. The molecular weight excluding hydrogens is 334 g/mol. The van der Waals surface area contributed by atoms with E-state index in [1.807, 2.05) is 0 Å². The molecule has 0 saturated heterocycles. The van der Waals surface area contributed by atoms with Gasteiger partial charge in [-0.2, -0.15) is 0 Å². The van der Waals surface area contributed by atoms with Crippen LogP contribution in [0.15, 0.2) is 58.6 Å². The van der Waals surface area contributed by atoms with E-state index in [9.17, 15) is 18.5 Å². The number of hydrogen-bond donors (Lipinski definition) is 1. The van der Waals surface area contributed by atoms with Crippen LogP contribution in [0.1, 0.15) is 0 Å². The van der Waals surface area contributed by atoms with Gasteiger partial charge in [-0.25, -0.2) is 13.1 Å². The predicted molar refractivity (Wildman–Crippen MR) is 89.2 cm³/mol. The molecule has 0 spiro atoms. The molecule has 24 heavy (non-hydrogen) atoms. The molecule has 0 saturated carbocycles. The van der Waals surface area contributed by atoms with E-state index in [0.29, 0.717) is 5.56 Å². The lowest BCUT2D eigenvalue weighted by Gasteiger charge is -2.11. The Morgan fingerprint density at radius 2 is 1.96 bits per heavy atom. The summed E-state index contributed by atoms with van der Waals surface area (Å²) in [4.78, 5) is 14.8. The molecule has 0 heterocycles. The number of non-ortho nitro benzene ring substituents is 1. The smallest absolute Gasteiger partial charge is 0.270 e. The van der Waals surface area contributed by atoms with E-state index >= 15 is 0 Å². The molecule has 0 atom stereocenters. The van der Waals surface area contributed by atoms with Crippen LogP contribution in [0.2, 0.25) is 0 Å². The van der Waals surface area contributed by atoms with Crippen LogP contribution in [-0.2, 0) is 14.9 Å². The monoisotopic (exact) mass is 349 g/mol. The van der Waals surface area contributed by atoms with Gasteiger partial charge >= 0.3 is 0 Å². The first kappa shape index (κ1) is 17.6. The van der Waals surface area contributed by atoms with E-state index in [1.54, 1.807) is 30.3 Å². The first-order valence-electron chi connectivity index (χ1n) is 6.84. The number of sulfonamides is 1. The molecular formula is C15H15N3O5S. The first-order valence-corrected chi connectivity index (χ1v) is 8.32. The van der Waals surface area contributed by atoms with Crippen LogP contribution in [0.4, 0.5) is 5.69 Å². The minimum Gasteiger partial charge on any atom is -0.399 e. The van der Waals surface area contributed by atoms with Gasteiger partial charge in [0.15, 0.2) is 0 Å². The van der Waals surface area contributed by atoms with Crippen molar-refractivity contribution in [2.24, 2.45) is 5.16 Å². The van der Waals surface area contributed by atoms with Gasteiger partial charge in [-0.15, -0.1) is 0 Å². The third-order valence-corrected chi connectivity index (χ3v) is 4.57. The van der Waals surface area contributed by atoms with Crippen LogP contribution in [0.25, 0.3) is 11.1 Å². The van der Waals surface area contributed by atoms with Gasteiger partial charge in [0.25, 0.3) is 5.69 Å². The fraction of sp³-hybridized carbons (Fsp3) is 0.133. The highest BCUT2D eigenvalue weighted by Gasteiger charge is 2.21. The zero-order valence-corrected chi connectivity index (χ0v) is 13.6. The largest absolute Gasteiger partial charge is 0.399 e. The van der Waals surface area contributed by atoms with Crippen molar-refractivity contribution in [1.29, 1.82) is 0 Å². The van der Waals surface area contributed by atoms with Gasteiger partial charge in [-0.05, 0) is 11.6 Å². The lowest BCUT2D eigenvalue weighted by Crippen LogP contribution is -2.26. The van der Waals surface area contributed by atoms with Crippen molar-refractivity contribution < 1.29 is 18.2 Å². The average Bonchev–Trinajstić information content (AvgIpc) is 2.59. The number of oxime groups is 1. The summed E-state index contributed by atoms with van der Waals surface area (Å²) in [6.07, 6.45) is 1.26. The van der Waals surface area contributed by atoms with Gasteiger partial charge < -0.3 is 4.84 Å². The molecule has 2 aromatic carbocycles. The molecule has 0 aliphatic rings. The van der Waals surface area contributed by atoms with E-state index in [-0.39, 0.29) is 22.7 Å². The Balaban J connectivity index is 2.49. The van der Waals surface area contributed by atoms with Crippen LogP contribution in [0, 0.1) is 10.1 Å². The maximum Gasteiger partial charge on any atom is 0.270 e. The molecule has 126 valence electrons. The molecule has 0 aliphatic carbocycles. The number of rotatable bonds is 7. The predicted octanol–water partition coefficient (Wildman–Crippen LogP) is 2.17. The molecule has 1 N–H and O–H groups in total.